The topological polar surface area (TPSA) is 21.3 Å². The maximum Gasteiger partial charge on any atom is 0.0637 e. The van der Waals surface area contributed by atoms with Crippen molar-refractivity contribution in [3.63, 3.8) is 0 Å². The van der Waals surface area contributed by atoms with Crippen molar-refractivity contribution in [3.8, 4) is 0 Å². The van der Waals surface area contributed by atoms with Crippen molar-refractivity contribution in [2.24, 2.45) is 11.8 Å². The summed E-state index contributed by atoms with van der Waals surface area (Å²) in [5, 5.41) is 3.81. The van der Waals surface area contributed by atoms with Crippen LogP contribution in [0.5, 0.6) is 0 Å². The van der Waals surface area contributed by atoms with E-state index in [1.54, 1.807) is 0 Å². The van der Waals surface area contributed by atoms with Gasteiger partial charge in [-0.2, -0.15) is 0 Å². The molecule has 0 radical (unpaired) electrons. The molecule has 0 aliphatic heterocycles. The maximum atomic E-state index is 5.67. The number of hydrogen-bond acceptors (Lipinski definition) is 2. The minimum absolute atomic E-state index is 0.0128. The molecular weight excluding hydrogens is 234 g/mol. The highest BCUT2D eigenvalue weighted by atomic mass is 16.5. The molecule has 0 saturated heterocycles. The Kier molecular flexibility index (Phi) is 7.38. The van der Waals surface area contributed by atoms with Gasteiger partial charge in [-0.15, -0.1) is 0 Å². The van der Waals surface area contributed by atoms with Crippen LogP contribution in [0.2, 0.25) is 0 Å². The van der Waals surface area contributed by atoms with Crippen molar-refractivity contribution in [3.05, 3.63) is 0 Å². The van der Waals surface area contributed by atoms with E-state index in [1.807, 2.05) is 7.11 Å². The summed E-state index contributed by atoms with van der Waals surface area (Å²) >= 11 is 0. The van der Waals surface area contributed by atoms with Gasteiger partial charge in [-0.1, -0.05) is 39.5 Å². The van der Waals surface area contributed by atoms with Crippen molar-refractivity contribution in [2.45, 2.75) is 84.3 Å². The van der Waals surface area contributed by atoms with Gasteiger partial charge in [-0.05, 0) is 51.5 Å². The summed E-state index contributed by atoms with van der Waals surface area (Å²) in [4.78, 5) is 0. The molecule has 19 heavy (non-hydrogen) atoms. The SMILES string of the molecule is CCCNC(CC(C)(C)OC)C1CCCCC1CC. The minimum atomic E-state index is -0.0128. The van der Waals surface area contributed by atoms with Gasteiger partial charge in [-0.3, -0.25) is 0 Å². The van der Waals surface area contributed by atoms with E-state index in [-0.39, 0.29) is 5.60 Å². The van der Waals surface area contributed by atoms with E-state index in [1.165, 1.54) is 38.5 Å². The van der Waals surface area contributed by atoms with Gasteiger partial charge in [0, 0.05) is 13.2 Å². The third-order valence-corrected chi connectivity index (χ3v) is 4.93. The first-order valence-electron chi connectivity index (χ1n) is 8.32. The summed E-state index contributed by atoms with van der Waals surface area (Å²) in [5.74, 6) is 1.76. The van der Waals surface area contributed by atoms with E-state index >= 15 is 0 Å². The second-order valence-corrected chi connectivity index (χ2v) is 6.85. The van der Waals surface area contributed by atoms with E-state index in [2.05, 4.69) is 33.0 Å². The number of ether oxygens (including phenoxy) is 1. The monoisotopic (exact) mass is 269 g/mol. The fraction of sp³-hybridized carbons (Fsp3) is 1.00. The summed E-state index contributed by atoms with van der Waals surface area (Å²) in [5.41, 5.74) is -0.0128. The Hall–Kier alpha value is -0.0800. The molecule has 0 aromatic rings. The summed E-state index contributed by atoms with van der Waals surface area (Å²) < 4.78 is 5.67. The molecule has 1 aliphatic rings. The lowest BCUT2D eigenvalue weighted by Crippen LogP contribution is -2.46. The van der Waals surface area contributed by atoms with Gasteiger partial charge >= 0.3 is 0 Å². The van der Waals surface area contributed by atoms with Gasteiger partial charge < -0.3 is 10.1 Å². The molecule has 1 fully saturated rings. The van der Waals surface area contributed by atoms with E-state index in [0.717, 1.165) is 24.8 Å². The van der Waals surface area contributed by atoms with Crippen LogP contribution in [0, 0.1) is 11.8 Å². The fourth-order valence-corrected chi connectivity index (χ4v) is 3.59. The van der Waals surface area contributed by atoms with E-state index in [4.69, 9.17) is 4.74 Å². The molecule has 0 bridgehead atoms. The van der Waals surface area contributed by atoms with Crippen LogP contribution < -0.4 is 5.32 Å². The third-order valence-electron chi connectivity index (χ3n) is 4.93. The highest BCUT2D eigenvalue weighted by Gasteiger charge is 2.33. The summed E-state index contributed by atoms with van der Waals surface area (Å²) in [6.45, 7) is 10.2. The number of methoxy groups -OCH3 is 1. The van der Waals surface area contributed by atoms with Crippen LogP contribution in [0.15, 0.2) is 0 Å². The lowest BCUT2D eigenvalue weighted by molar-refractivity contribution is -0.00523. The quantitative estimate of drug-likeness (QED) is 0.706. The molecule has 0 spiro atoms. The van der Waals surface area contributed by atoms with Crippen LogP contribution in [0.25, 0.3) is 0 Å². The van der Waals surface area contributed by atoms with Crippen LogP contribution in [0.4, 0.5) is 0 Å². The van der Waals surface area contributed by atoms with Crippen LogP contribution in [-0.2, 0) is 4.74 Å². The van der Waals surface area contributed by atoms with Crippen LogP contribution in [0.3, 0.4) is 0 Å². The van der Waals surface area contributed by atoms with E-state index < -0.39 is 0 Å². The number of rotatable bonds is 8. The Labute approximate surface area is 120 Å². The standard InChI is InChI=1S/C17H35NO/c1-6-12-18-16(13-17(3,4)19-5)15-11-9-8-10-14(15)7-2/h14-16,18H,6-13H2,1-5H3. The van der Waals surface area contributed by atoms with Crippen LogP contribution in [-0.4, -0.2) is 25.3 Å². The Morgan fingerprint density at radius 2 is 1.89 bits per heavy atom. The molecule has 1 aliphatic carbocycles. The zero-order valence-electron chi connectivity index (χ0n) is 13.8. The second kappa shape index (κ2) is 8.26. The first-order valence-corrected chi connectivity index (χ1v) is 8.32. The van der Waals surface area contributed by atoms with Crippen molar-refractivity contribution < 1.29 is 4.74 Å². The molecule has 1 saturated carbocycles. The Bertz CT molecular complexity index is 239. The smallest absolute Gasteiger partial charge is 0.0637 e. The van der Waals surface area contributed by atoms with Gasteiger partial charge in [0.05, 0.1) is 5.60 Å². The second-order valence-electron chi connectivity index (χ2n) is 6.85. The third kappa shape index (κ3) is 5.43. The summed E-state index contributed by atoms with van der Waals surface area (Å²) in [6.07, 6.45) is 9.36. The largest absolute Gasteiger partial charge is 0.379 e. The minimum Gasteiger partial charge on any atom is -0.379 e. The number of nitrogens with one attached hydrogen (secondary N) is 1. The van der Waals surface area contributed by atoms with E-state index in [0.29, 0.717) is 6.04 Å². The predicted octanol–water partition coefficient (Wildman–Crippen LogP) is 4.39. The molecule has 114 valence electrons. The summed E-state index contributed by atoms with van der Waals surface area (Å²) in [7, 11) is 1.84. The molecule has 0 amide bonds. The van der Waals surface area contributed by atoms with Crippen molar-refractivity contribution in [2.75, 3.05) is 13.7 Å². The lowest BCUT2D eigenvalue weighted by Gasteiger charge is -2.40. The molecule has 0 aromatic heterocycles. The molecule has 1 N–H and O–H groups in total. The highest BCUT2D eigenvalue weighted by Crippen LogP contribution is 2.37. The van der Waals surface area contributed by atoms with Gasteiger partial charge in [0.1, 0.15) is 0 Å². The molecule has 0 heterocycles. The summed E-state index contributed by atoms with van der Waals surface area (Å²) in [6, 6.07) is 0.625. The van der Waals surface area contributed by atoms with Gasteiger partial charge in [0.15, 0.2) is 0 Å². The molecule has 3 unspecified atom stereocenters. The number of hydrogen-bond donors (Lipinski definition) is 1. The van der Waals surface area contributed by atoms with Crippen LogP contribution in [0.1, 0.15) is 72.6 Å². The van der Waals surface area contributed by atoms with E-state index in [9.17, 15) is 0 Å². The Morgan fingerprint density at radius 3 is 2.47 bits per heavy atom. The zero-order valence-corrected chi connectivity index (χ0v) is 13.8. The first kappa shape index (κ1) is 17.0. The van der Waals surface area contributed by atoms with Crippen LogP contribution >= 0.6 is 0 Å². The van der Waals surface area contributed by atoms with Crippen molar-refractivity contribution >= 4 is 0 Å². The zero-order chi connectivity index (χ0) is 14.3. The normalized spacial score (nSPS) is 26.4. The molecule has 2 nitrogen and oxygen atoms in total. The van der Waals surface area contributed by atoms with Gasteiger partial charge in [-0.25, -0.2) is 0 Å². The van der Waals surface area contributed by atoms with Crippen molar-refractivity contribution in [1.29, 1.82) is 0 Å². The Morgan fingerprint density at radius 1 is 1.21 bits per heavy atom. The fourth-order valence-electron chi connectivity index (χ4n) is 3.59. The van der Waals surface area contributed by atoms with Crippen molar-refractivity contribution in [1.82, 2.24) is 5.32 Å². The average molecular weight is 269 g/mol. The predicted molar refractivity (Wildman–Crippen MR) is 83.5 cm³/mol. The maximum absolute atomic E-state index is 5.67. The first-order chi connectivity index (χ1) is 9.04. The molecule has 1 rings (SSSR count). The lowest BCUT2D eigenvalue weighted by atomic mass is 9.72. The van der Waals surface area contributed by atoms with Gasteiger partial charge in [0.25, 0.3) is 0 Å². The van der Waals surface area contributed by atoms with Gasteiger partial charge in [0.2, 0.25) is 0 Å². The molecule has 0 aromatic carbocycles. The molecule has 3 atom stereocenters. The highest BCUT2D eigenvalue weighted by molar-refractivity contribution is 4.88. The average Bonchev–Trinajstić information content (AvgIpc) is 2.43. The molecule has 2 heteroatoms. The Balaban J connectivity index is 2.70. The molecular formula is C17H35NO.